The van der Waals surface area contributed by atoms with Crippen molar-refractivity contribution < 1.29 is 9.90 Å². The van der Waals surface area contributed by atoms with Gasteiger partial charge in [0, 0.05) is 24.7 Å². The maximum Gasteiger partial charge on any atom is 0.321 e. The molecule has 1 fully saturated rings. The molecule has 2 N–H and O–H groups in total. The second kappa shape index (κ2) is 6.86. The van der Waals surface area contributed by atoms with Gasteiger partial charge in [0.05, 0.1) is 10.7 Å². The third-order valence-corrected chi connectivity index (χ3v) is 4.93. The summed E-state index contributed by atoms with van der Waals surface area (Å²) in [5.74, 6) is 0. The van der Waals surface area contributed by atoms with Gasteiger partial charge in [-0.05, 0) is 42.9 Å². The second-order valence-corrected chi connectivity index (χ2v) is 6.40. The van der Waals surface area contributed by atoms with Crippen molar-refractivity contribution in [1.82, 2.24) is 4.90 Å². The lowest BCUT2D eigenvalue weighted by molar-refractivity contribution is 0.0542. The van der Waals surface area contributed by atoms with E-state index in [9.17, 15) is 9.90 Å². The fourth-order valence-corrected chi connectivity index (χ4v) is 2.93. The van der Waals surface area contributed by atoms with E-state index in [0.29, 0.717) is 28.8 Å². The second-order valence-electron chi connectivity index (χ2n) is 5.55. The van der Waals surface area contributed by atoms with E-state index in [1.807, 2.05) is 0 Å². The highest BCUT2D eigenvalue weighted by atomic mass is 35.5. The fourth-order valence-electron chi connectivity index (χ4n) is 2.60. The summed E-state index contributed by atoms with van der Waals surface area (Å²) >= 11 is 12.0. The summed E-state index contributed by atoms with van der Waals surface area (Å²) in [5.41, 5.74) is 0.480. The molecular weight excluding hydrogens is 311 g/mol. The molecule has 0 spiro atoms. The third-order valence-electron chi connectivity index (χ3n) is 4.37. The largest absolute Gasteiger partial charge is 0.396 e. The van der Waals surface area contributed by atoms with E-state index in [1.54, 1.807) is 23.1 Å². The molecule has 0 radical (unpaired) electrons. The van der Waals surface area contributed by atoms with Crippen molar-refractivity contribution in [3.8, 4) is 0 Å². The number of piperidine rings is 1. The number of nitrogens with one attached hydrogen (secondary N) is 1. The molecule has 1 aromatic carbocycles. The number of halogens is 2. The van der Waals surface area contributed by atoms with Crippen LogP contribution in [0.3, 0.4) is 0 Å². The fraction of sp³-hybridized carbons (Fsp3) is 0.533. The number of nitrogens with zero attached hydrogens (tertiary/aromatic N) is 1. The SMILES string of the molecule is CCC1(CO)CCN(C(=O)Nc2cc(Cl)ccc2Cl)CC1. The van der Waals surface area contributed by atoms with Crippen LogP contribution in [0.25, 0.3) is 0 Å². The predicted octanol–water partition coefficient (Wildman–Crippen LogP) is 4.01. The number of urea groups is 1. The van der Waals surface area contributed by atoms with Gasteiger partial charge >= 0.3 is 6.03 Å². The average molecular weight is 331 g/mol. The van der Waals surface area contributed by atoms with Gasteiger partial charge < -0.3 is 15.3 Å². The van der Waals surface area contributed by atoms with Crippen LogP contribution in [0.15, 0.2) is 18.2 Å². The Hall–Kier alpha value is -0.970. The molecule has 2 rings (SSSR count). The van der Waals surface area contributed by atoms with Crippen LogP contribution in [0.5, 0.6) is 0 Å². The van der Waals surface area contributed by atoms with Crippen molar-refractivity contribution in [2.75, 3.05) is 25.0 Å². The highest BCUT2D eigenvalue weighted by Gasteiger charge is 2.33. The Morgan fingerprint density at radius 3 is 2.62 bits per heavy atom. The zero-order valence-corrected chi connectivity index (χ0v) is 13.5. The number of aliphatic hydroxyl groups is 1. The molecule has 2 amide bonds. The van der Waals surface area contributed by atoms with Crippen LogP contribution >= 0.6 is 23.2 Å². The van der Waals surface area contributed by atoms with Gasteiger partial charge in [-0.15, -0.1) is 0 Å². The Balaban J connectivity index is 1.98. The minimum atomic E-state index is -0.179. The normalized spacial score (nSPS) is 17.6. The first-order valence-electron chi connectivity index (χ1n) is 7.11. The number of anilines is 1. The van der Waals surface area contributed by atoms with E-state index in [2.05, 4.69) is 12.2 Å². The Morgan fingerprint density at radius 1 is 1.38 bits per heavy atom. The van der Waals surface area contributed by atoms with E-state index in [-0.39, 0.29) is 18.1 Å². The summed E-state index contributed by atoms with van der Waals surface area (Å²) in [4.78, 5) is 14.0. The Labute approximate surface area is 135 Å². The molecule has 0 unspecified atom stereocenters. The van der Waals surface area contributed by atoms with Gasteiger partial charge in [0.25, 0.3) is 0 Å². The highest BCUT2D eigenvalue weighted by molar-refractivity contribution is 6.35. The van der Waals surface area contributed by atoms with E-state index in [0.717, 1.165) is 19.3 Å². The summed E-state index contributed by atoms with van der Waals surface area (Å²) < 4.78 is 0. The monoisotopic (exact) mass is 330 g/mol. The maximum absolute atomic E-state index is 12.3. The molecule has 0 bridgehead atoms. The summed E-state index contributed by atoms with van der Waals surface area (Å²) in [7, 11) is 0. The molecule has 1 aliphatic heterocycles. The summed E-state index contributed by atoms with van der Waals surface area (Å²) in [5, 5.41) is 13.3. The van der Waals surface area contributed by atoms with Crippen LogP contribution in [0, 0.1) is 5.41 Å². The van der Waals surface area contributed by atoms with Gasteiger partial charge in [-0.2, -0.15) is 0 Å². The smallest absolute Gasteiger partial charge is 0.321 e. The molecule has 6 heteroatoms. The van der Waals surface area contributed by atoms with E-state index >= 15 is 0 Å². The molecule has 116 valence electrons. The molecule has 0 saturated carbocycles. The Morgan fingerprint density at radius 2 is 2.05 bits per heavy atom. The zero-order chi connectivity index (χ0) is 15.5. The molecule has 0 atom stereocenters. The van der Waals surface area contributed by atoms with Crippen LogP contribution in [0.4, 0.5) is 10.5 Å². The van der Waals surface area contributed by atoms with Gasteiger partial charge in [-0.25, -0.2) is 4.79 Å². The summed E-state index contributed by atoms with van der Waals surface area (Å²) in [6.07, 6.45) is 2.56. The van der Waals surface area contributed by atoms with Crippen molar-refractivity contribution in [2.45, 2.75) is 26.2 Å². The lowest BCUT2D eigenvalue weighted by atomic mass is 9.77. The third kappa shape index (κ3) is 3.82. The zero-order valence-electron chi connectivity index (χ0n) is 12.0. The molecule has 1 heterocycles. The van der Waals surface area contributed by atoms with Gasteiger partial charge in [-0.3, -0.25) is 0 Å². The minimum Gasteiger partial charge on any atom is -0.396 e. The molecule has 0 aliphatic carbocycles. The van der Waals surface area contributed by atoms with Crippen LogP contribution < -0.4 is 5.32 Å². The number of hydrogen-bond donors (Lipinski definition) is 2. The highest BCUT2D eigenvalue weighted by Crippen LogP contribution is 2.34. The van der Waals surface area contributed by atoms with Crippen LogP contribution in [-0.2, 0) is 0 Å². The van der Waals surface area contributed by atoms with Crippen LogP contribution in [-0.4, -0.2) is 35.7 Å². The number of carbonyl (C=O) groups is 1. The van der Waals surface area contributed by atoms with Crippen molar-refractivity contribution in [2.24, 2.45) is 5.41 Å². The van der Waals surface area contributed by atoms with Gasteiger partial charge in [0.15, 0.2) is 0 Å². The van der Waals surface area contributed by atoms with Crippen molar-refractivity contribution >= 4 is 34.9 Å². The number of hydrogen-bond acceptors (Lipinski definition) is 2. The molecule has 1 aliphatic rings. The first kappa shape index (κ1) is 16.4. The number of likely N-dealkylation sites (tertiary alicyclic amines) is 1. The van der Waals surface area contributed by atoms with Crippen molar-refractivity contribution in [1.29, 1.82) is 0 Å². The lowest BCUT2D eigenvalue weighted by Crippen LogP contribution is -2.46. The molecule has 4 nitrogen and oxygen atoms in total. The first-order chi connectivity index (χ1) is 9.99. The summed E-state index contributed by atoms with van der Waals surface area (Å²) in [6.45, 7) is 3.54. The van der Waals surface area contributed by atoms with E-state index in [4.69, 9.17) is 23.2 Å². The van der Waals surface area contributed by atoms with Gasteiger partial charge in [0.1, 0.15) is 0 Å². The first-order valence-corrected chi connectivity index (χ1v) is 7.87. The maximum atomic E-state index is 12.3. The number of aliphatic hydroxyl groups excluding tert-OH is 1. The van der Waals surface area contributed by atoms with E-state index < -0.39 is 0 Å². The quantitative estimate of drug-likeness (QED) is 0.879. The Kier molecular flexibility index (Phi) is 5.36. The standard InChI is InChI=1S/C15H20Cl2N2O2/c1-2-15(10-20)5-7-19(8-6-15)14(21)18-13-9-11(16)3-4-12(13)17/h3-4,9,20H,2,5-8,10H2,1H3,(H,18,21). The molecule has 1 aromatic rings. The van der Waals surface area contributed by atoms with Crippen LogP contribution in [0.2, 0.25) is 10.0 Å². The molecule has 21 heavy (non-hydrogen) atoms. The van der Waals surface area contributed by atoms with Gasteiger partial charge in [0.2, 0.25) is 0 Å². The molecule has 0 aromatic heterocycles. The lowest BCUT2D eigenvalue weighted by Gasteiger charge is -2.40. The Bertz CT molecular complexity index is 508. The van der Waals surface area contributed by atoms with Crippen molar-refractivity contribution in [3.05, 3.63) is 28.2 Å². The topological polar surface area (TPSA) is 52.6 Å². The number of carbonyl (C=O) groups excluding carboxylic acids is 1. The van der Waals surface area contributed by atoms with Gasteiger partial charge in [-0.1, -0.05) is 30.1 Å². The summed E-state index contributed by atoms with van der Waals surface area (Å²) in [6, 6.07) is 4.79. The number of amides is 2. The molecular formula is C15H20Cl2N2O2. The minimum absolute atomic E-state index is 0.0372. The van der Waals surface area contributed by atoms with Crippen LogP contribution in [0.1, 0.15) is 26.2 Å². The van der Waals surface area contributed by atoms with E-state index in [1.165, 1.54) is 0 Å². The number of rotatable bonds is 3. The predicted molar refractivity (Wildman–Crippen MR) is 86.1 cm³/mol. The van der Waals surface area contributed by atoms with Crippen molar-refractivity contribution in [3.63, 3.8) is 0 Å². The average Bonchev–Trinajstić information content (AvgIpc) is 2.51. The number of benzene rings is 1. The molecule has 1 saturated heterocycles.